The van der Waals surface area contributed by atoms with Crippen LogP contribution in [0.15, 0.2) is 77.6 Å². The summed E-state index contributed by atoms with van der Waals surface area (Å²) >= 11 is 0. The van der Waals surface area contributed by atoms with Crippen molar-refractivity contribution in [2.24, 2.45) is 7.05 Å². The Hall–Kier alpha value is -4.19. The largest absolute Gasteiger partial charge is 0.339 e. The second kappa shape index (κ2) is 7.50. The number of aryl methyl sites for hydroxylation is 3. The Morgan fingerprint density at radius 1 is 0.906 bits per heavy atom. The highest BCUT2D eigenvalue weighted by atomic mass is 16.2. The molecule has 5 aromatic rings. The topological polar surface area (TPSA) is 68.9 Å². The maximum Gasteiger partial charge on any atom is 0.296 e. The van der Waals surface area contributed by atoms with Crippen molar-refractivity contribution >= 4 is 33.4 Å². The number of anilines is 1. The first kappa shape index (κ1) is 19.8. The van der Waals surface area contributed by atoms with E-state index >= 15 is 0 Å². The molecule has 0 unspecified atom stereocenters. The number of fused-ring (bicyclic) bond motifs is 3. The minimum absolute atomic E-state index is 0.209. The first-order valence-electron chi connectivity index (χ1n) is 10.4. The highest BCUT2D eigenvalue weighted by Crippen LogP contribution is 2.29. The van der Waals surface area contributed by atoms with Crippen molar-refractivity contribution in [3.63, 3.8) is 0 Å². The smallest absolute Gasteiger partial charge is 0.296 e. The third-order valence-electron chi connectivity index (χ3n) is 5.83. The third-order valence-corrected chi connectivity index (χ3v) is 5.83. The van der Waals surface area contributed by atoms with Gasteiger partial charge in [-0.25, -0.2) is 0 Å². The lowest BCUT2D eigenvalue weighted by molar-refractivity contribution is 0.102. The van der Waals surface area contributed by atoms with E-state index in [1.54, 1.807) is 0 Å². The van der Waals surface area contributed by atoms with E-state index in [1.807, 2.05) is 98.3 Å². The summed E-state index contributed by atoms with van der Waals surface area (Å²) in [5, 5.41) is 8.92. The number of para-hydroxylation sites is 2. The number of hydrogen-bond donors (Lipinski definition) is 1. The summed E-state index contributed by atoms with van der Waals surface area (Å²) in [7, 11) is 1.84. The molecule has 3 aromatic carbocycles. The molecule has 5 rings (SSSR count). The zero-order valence-electron chi connectivity index (χ0n) is 18.1. The van der Waals surface area contributed by atoms with Gasteiger partial charge in [-0.05, 0) is 43.7 Å². The van der Waals surface area contributed by atoms with E-state index in [4.69, 9.17) is 0 Å². The van der Waals surface area contributed by atoms with Gasteiger partial charge in [-0.3, -0.25) is 9.59 Å². The zero-order valence-corrected chi connectivity index (χ0v) is 18.1. The monoisotopic (exact) mass is 422 g/mol. The van der Waals surface area contributed by atoms with Gasteiger partial charge in [-0.1, -0.05) is 54.1 Å². The summed E-state index contributed by atoms with van der Waals surface area (Å²) in [5.74, 6) is -0.360. The van der Waals surface area contributed by atoms with Gasteiger partial charge in [0.15, 0.2) is 5.69 Å². The van der Waals surface area contributed by atoms with E-state index in [-0.39, 0.29) is 17.2 Å². The Bertz CT molecular complexity index is 1560. The van der Waals surface area contributed by atoms with Gasteiger partial charge < -0.3 is 9.88 Å². The fourth-order valence-electron chi connectivity index (χ4n) is 4.09. The minimum Gasteiger partial charge on any atom is -0.339 e. The second-order valence-electron chi connectivity index (χ2n) is 7.97. The van der Waals surface area contributed by atoms with Crippen molar-refractivity contribution < 1.29 is 4.79 Å². The predicted molar refractivity (Wildman–Crippen MR) is 128 cm³/mol. The van der Waals surface area contributed by atoms with Crippen molar-refractivity contribution in [2.75, 3.05) is 5.32 Å². The standard InChI is InChI=1S/C26H22N4O2/c1-16-12-14-18(15-13-16)30-26(32)24-22(19-9-5-7-11-21(19)29(24)3)23(28-30)25(31)27-20-10-6-4-8-17(20)2/h4-15H,1-3H3,(H,27,31). The Morgan fingerprint density at radius 3 is 2.34 bits per heavy atom. The van der Waals surface area contributed by atoms with Crippen LogP contribution in [-0.2, 0) is 7.05 Å². The first-order chi connectivity index (χ1) is 15.5. The highest BCUT2D eigenvalue weighted by molar-refractivity contribution is 6.19. The summed E-state index contributed by atoms with van der Waals surface area (Å²) in [6, 6.07) is 22.8. The van der Waals surface area contributed by atoms with Crippen LogP contribution in [0.2, 0.25) is 0 Å². The lowest BCUT2D eigenvalue weighted by Gasteiger charge is -2.12. The number of carbonyl (C=O) groups excluding carboxylic acids is 1. The fourth-order valence-corrected chi connectivity index (χ4v) is 4.09. The summed E-state index contributed by atoms with van der Waals surface area (Å²) < 4.78 is 3.15. The maximum absolute atomic E-state index is 13.5. The molecule has 1 N–H and O–H groups in total. The van der Waals surface area contributed by atoms with Crippen LogP contribution < -0.4 is 10.9 Å². The lowest BCUT2D eigenvalue weighted by atomic mass is 10.1. The van der Waals surface area contributed by atoms with Crippen LogP contribution in [0.4, 0.5) is 5.69 Å². The second-order valence-corrected chi connectivity index (χ2v) is 7.97. The van der Waals surface area contributed by atoms with Crippen molar-refractivity contribution in [1.29, 1.82) is 0 Å². The van der Waals surface area contributed by atoms with Crippen LogP contribution in [-0.4, -0.2) is 20.3 Å². The molecule has 0 atom stereocenters. The molecule has 0 saturated heterocycles. The van der Waals surface area contributed by atoms with E-state index in [0.717, 1.165) is 22.0 Å². The Balaban J connectivity index is 1.82. The van der Waals surface area contributed by atoms with E-state index in [2.05, 4.69) is 10.4 Å². The van der Waals surface area contributed by atoms with Crippen molar-refractivity contribution in [2.45, 2.75) is 13.8 Å². The number of carbonyl (C=O) groups is 1. The van der Waals surface area contributed by atoms with E-state index in [0.29, 0.717) is 22.3 Å². The molecule has 0 fully saturated rings. The molecule has 6 heteroatoms. The van der Waals surface area contributed by atoms with E-state index in [1.165, 1.54) is 4.68 Å². The Labute approximate surface area is 184 Å². The lowest BCUT2D eigenvalue weighted by Crippen LogP contribution is -2.27. The van der Waals surface area contributed by atoms with Gasteiger partial charge in [-0.2, -0.15) is 9.78 Å². The van der Waals surface area contributed by atoms with Gasteiger partial charge in [0.2, 0.25) is 0 Å². The van der Waals surface area contributed by atoms with Crippen LogP contribution in [0.1, 0.15) is 21.6 Å². The molecule has 32 heavy (non-hydrogen) atoms. The SMILES string of the molecule is Cc1ccc(-n2nc(C(=O)Nc3ccccc3C)c3c4ccccc4n(C)c3c2=O)cc1. The molecule has 0 saturated carbocycles. The molecule has 158 valence electrons. The number of amides is 1. The van der Waals surface area contributed by atoms with Gasteiger partial charge in [0.05, 0.1) is 5.69 Å². The zero-order chi connectivity index (χ0) is 22.4. The summed E-state index contributed by atoms with van der Waals surface area (Å²) in [5.41, 5.74) is 4.59. The molecule has 0 bridgehead atoms. The van der Waals surface area contributed by atoms with Crippen molar-refractivity contribution in [3.8, 4) is 5.69 Å². The number of hydrogen-bond acceptors (Lipinski definition) is 3. The number of nitrogens with zero attached hydrogens (tertiary/aromatic N) is 3. The fraction of sp³-hybridized carbons (Fsp3) is 0.115. The van der Waals surface area contributed by atoms with Gasteiger partial charge in [0.25, 0.3) is 11.5 Å². The number of nitrogens with one attached hydrogen (secondary N) is 1. The molecule has 6 nitrogen and oxygen atoms in total. The van der Waals surface area contributed by atoms with Gasteiger partial charge in [-0.15, -0.1) is 0 Å². The van der Waals surface area contributed by atoms with Crippen LogP contribution in [0.25, 0.3) is 27.5 Å². The molecular formula is C26H22N4O2. The maximum atomic E-state index is 13.5. The molecular weight excluding hydrogens is 400 g/mol. The number of aromatic nitrogens is 3. The third kappa shape index (κ3) is 3.08. The summed E-state index contributed by atoms with van der Waals surface area (Å²) in [4.78, 5) is 27.0. The predicted octanol–water partition coefficient (Wildman–Crippen LogP) is 4.75. The average Bonchev–Trinajstić information content (AvgIpc) is 3.10. The Morgan fingerprint density at radius 2 is 1.59 bits per heavy atom. The summed E-state index contributed by atoms with van der Waals surface area (Å²) in [6.07, 6.45) is 0. The molecule has 0 aliphatic rings. The molecule has 0 aliphatic heterocycles. The minimum atomic E-state index is -0.360. The van der Waals surface area contributed by atoms with Gasteiger partial charge in [0, 0.05) is 29.0 Å². The van der Waals surface area contributed by atoms with Crippen LogP contribution in [0.5, 0.6) is 0 Å². The normalized spacial score (nSPS) is 11.2. The first-order valence-corrected chi connectivity index (χ1v) is 10.4. The molecule has 0 aliphatic carbocycles. The number of rotatable bonds is 3. The Kier molecular flexibility index (Phi) is 4.63. The quantitative estimate of drug-likeness (QED) is 0.456. The molecule has 0 spiro atoms. The van der Waals surface area contributed by atoms with Crippen LogP contribution in [0.3, 0.4) is 0 Å². The molecule has 2 aromatic heterocycles. The van der Waals surface area contributed by atoms with Crippen LogP contribution in [0, 0.1) is 13.8 Å². The highest BCUT2D eigenvalue weighted by Gasteiger charge is 2.23. The average molecular weight is 422 g/mol. The summed E-state index contributed by atoms with van der Waals surface area (Å²) in [6.45, 7) is 3.91. The van der Waals surface area contributed by atoms with Crippen LogP contribution >= 0.6 is 0 Å². The van der Waals surface area contributed by atoms with Gasteiger partial charge in [0.1, 0.15) is 5.52 Å². The van der Waals surface area contributed by atoms with E-state index < -0.39 is 0 Å². The van der Waals surface area contributed by atoms with Crippen molar-refractivity contribution in [1.82, 2.24) is 14.3 Å². The molecule has 1 amide bonds. The van der Waals surface area contributed by atoms with E-state index in [9.17, 15) is 9.59 Å². The molecule has 2 heterocycles. The number of benzene rings is 3. The molecule has 0 radical (unpaired) electrons. The van der Waals surface area contributed by atoms with Gasteiger partial charge >= 0.3 is 0 Å². The van der Waals surface area contributed by atoms with Crippen molar-refractivity contribution in [3.05, 3.63) is 100.0 Å².